The van der Waals surface area contributed by atoms with E-state index in [1.165, 1.54) is 36.1 Å². The first-order valence-electron chi connectivity index (χ1n) is 7.38. The summed E-state index contributed by atoms with van der Waals surface area (Å²) in [6.07, 6.45) is 7.13. The summed E-state index contributed by atoms with van der Waals surface area (Å²) in [6, 6.07) is 6.75. The van der Waals surface area contributed by atoms with Gasteiger partial charge in [-0.1, -0.05) is 0 Å². The first-order chi connectivity index (χ1) is 9.83. The van der Waals surface area contributed by atoms with Gasteiger partial charge in [-0.3, -0.25) is 0 Å². The Bertz CT molecular complexity index is 730. The van der Waals surface area contributed by atoms with Gasteiger partial charge < -0.3 is 14.1 Å². The minimum Gasteiger partial charge on any atom is -0.497 e. The molecule has 1 unspecified atom stereocenters. The maximum Gasteiger partial charge on any atom is 0.135 e. The molecule has 1 saturated carbocycles. The van der Waals surface area contributed by atoms with E-state index in [0.29, 0.717) is 12.0 Å². The van der Waals surface area contributed by atoms with Crippen LogP contribution < -0.4 is 4.74 Å². The second-order valence-electron chi connectivity index (χ2n) is 6.27. The number of fused-ring (bicyclic) bond motifs is 5. The average Bonchev–Trinajstić information content (AvgIpc) is 3.14. The van der Waals surface area contributed by atoms with Crippen LogP contribution in [0.5, 0.6) is 5.75 Å². The van der Waals surface area contributed by atoms with Gasteiger partial charge in [-0.15, -0.1) is 0 Å². The third-order valence-corrected chi connectivity index (χ3v) is 5.25. The largest absolute Gasteiger partial charge is 0.497 e. The molecule has 0 N–H and O–H groups in total. The Labute approximate surface area is 117 Å². The van der Waals surface area contributed by atoms with Crippen molar-refractivity contribution in [2.45, 2.75) is 24.8 Å². The average molecular weight is 267 g/mol. The van der Waals surface area contributed by atoms with Gasteiger partial charge in [0, 0.05) is 35.7 Å². The fraction of sp³-hybridized carbons (Fsp3) is 0.412. The van der Waals surface area contributed by atoms with Crippen molar-refractivity contribution in [2.75, 3.05) is 13.7 Å². The minimum absolute atomic E-state index is 0.567. The molecule has 3 aliphatic rings. The number of nitrogens with zero attached hydrogens (tertiary/aromatic N) is 1. The van der Waals surface area contributed by atoms with Crippen molar-refractivity contribution < 1.29 is 9.15 Å². The molecule has 3 heteroatoms. The van der Waals surface area contributed by atoms with Crippen LogP contribution >= 0.6 is 0 Å². The van der Waals surface area contributed by atoms with Crippen molar-refractivity contribution in [1.82, 2.24) is 4.90 Å². The van der Waals surface area contributed by atoms with Crippen LogP contribution in [0.3, 0.4) is 0 Å². The number of furan rings is 1. The molecule has 1 aromatic carbocycles. The molecule has 0 amide bonds. The Morgan fingerprint density at radius 3 is 3.10 bits per heavy atom. The van der Waals surface area contributed by atoms with E-state index >= 15 is 0 Å². The SMILES string of the molecule is COc1ccc2oc3c(c2c1)C=CN1C[C@H]2CC1[C@H]3C2. The Kier molecular flexibility index (Phi) is 1.95. The second kappa shape index (κ2) is 3.60. The number of ether oxygens (including phenoxy) is 1. The van der Waals surface area contributed by atoms with E-state index in [1.807, 2.05) is 12.1 Å². The minimum atomic E-state index is 0.567. The monoisotopic (exact) mass is 267 g/mol. The first-order valence-corrected chi connectivity index (χ1v) is 7.38. The molecular weight excluding hydrogens is 250 g/mol. The molecule has 2 fully saturated rings. The van der Waals surface area contributed by atoms with E-state index in [4.69, 9.17) is 9.15 Å². The molecule has 5 rings (SSSR count). The maximum atomic E-state index is 6.22. The Balaban J connectivity index is 1.76. The highest BCUT2D eigenvalue weighted by Crippen LogP contribution is 2.51. The quantitative estimate of drug-likeness (QED) is 0.789. The number of hydrogen-bond acceptors (Lipinski definition) is 3. The third kappa shape index (κ3) is 1.25. The predicted molar refractivity (Wildman–Crippen MR) is 77.8 cm³/mol. The van der Waals surface area contributed by atoms with Gasteiger partial charge in [0.1, 0.15) is 17.1 Å². The van der Waals surface area contributed by atoms with Crippen LogP contribution in [0.4, 0.5) is 0 Å². The Morgan fingerprint density at radius 2 is 2.25 bits per heavy atom. The fourth-order valence-electron chi connectivity index (χ4n) is 4.38. The van der Waals surface area contributed by atoms with Crippen LogP contribution in [0, 0.1) is 5.92 Å². The molecular formula is C17H17NO2. The van der Waals surface area contributed by atoms with Gasteiger partial charge in [0.15, 0.2) is 0 Å². The summed E-state index contributed by atoms with van der Waals surface area (Å²) in [7, 11) is 1.71. The van der Waals surface area contributed by atoms with Crippen LogP contribution in [0.2, 0.25) is 0 Å². The van der Waals surface area contributed by atoms with E-state index < -0.39 is 0 Å². The van der Waals surface area contributed by atoms with Crippen molar-refractivity contribution in [3.63, 3.8) is 0 Å². The second-order valence-corrected chi connectivity index (χ2v) is 6.27. The lowest BCUT2D eigenvalue weighted by atomic mass is 9.94. The van der Waals surface area contributed by atoms with Crippen LogP contribution in [0.15, 0.2) is 28.8 Å². The molecule has 3 heterocycles. The molecule has 20 heavy (non-hydrogen) atoms. The normalized spacial score (nSPS) is 29.9. The van der Waals surface area contributed by atoms with Gasteiger partial charge in [-0.25, -0.2) is 0 Å². The van der Waals surface area contributed by atoms with Crippen LogP contribution in [0.1, 0.15) is 30.1 Å². The molecule has 2 aliphatic heterocycles. The summed E-state index contributed by atoms with van der Waals surface area (Å²) in [5, 5.41) is 1.18. The van der Waals surface area contributed by atoms with Gasteiger partial charge in [0.2, 0.25) is 0 Å². The summed E-state index contributed by atoms with van der Waals surface area (Å²) in [6.45, 7) is 1.23. The van der Waals surface area contributed by atoms with Crippen molar-refractivity contribution in [1.29, 1.82) is 0 Å². The van der Waals surface area contributed by atoms with Crippen molar-refractivity contribution in [3.05, 3.63) is 35.7 Å². The zero-order valence-electron chi connectivity index (χ0n) is 11.5. The first kappa shape index (κ1) is 10.8. The molecule has 2 aromatic rings. The summed E-state index contributed by atoms with van der Waals surface area (Å²) in [5.41, 5.74) is 2.25. The zero-order chi connectivity index (χ0) is 13.3. The smallest absolute Gasteiger partial charge is 0.135 e. The number of rotatable bonds is 1. The van der Waals surface area contributed by atoms with Gasteiger partial charge in [0.25, 0.3) is 0 Å². The maximum absolute atomic E-state index is 6.22. The van der Waals surface area contributed by atoms with E-state index in [0.717, 1.165) is 17.3 Å². The summed E-state index contributed by atoms with van der Waals surface area (Å²) < 4.78 is 11.6. The lowest BCUT2D eigenvalue weighted by molar-refractivity contribution is 0.250. The number of hydrogen-bond donors (Lipinski definition) is 0. The van der Waals surface area contributed by atoms with E-state index in [9.17, 15) is 0 Å². The molecule has 102 valence electrons. The zero-order valence-corrected chi connectivity index (χ0v) is 11.5. The summed E-state index contributed by atoms with van der Waals surface area (Å²) >= 11 is 0. The fourth-order valence-corrected chi connectivity index (χ4v) is 4.38. The van der Waals surface area contributed by atoms with Gasteiger partial charge >= 0.3 is 0 Å². The van der Waals surface area contributed by atoms with Crippen molar-refractivity contribution >= 4 is 17.0 Å². The molecule has 0 spiro atoms. The van der Waals surface area contributed by atoms with Crippen LogP contribution in [0.25, 0.3) is 17.0 Å². The van der Waals surface area contributed by atoms with E-state index in [1.54, 1.807) is 7.11 Å². The molecule has 3 nitrogen and oxygen atoms in total. The van der Waals surface area contributed by atoms with Crippen LogP contribution in [-0.2, 0) is 0 Å². The standard InChI is InChI=1S/C17H17NO2/c1-19-11-2-3-16-13(8-11)12-4-5-18-9-10-6-14(15(18)7-10)17(12)20-16/h2-5,8,10,14-15H,6-7,9H2,1H3/t10-,14-,15?/m1/s1. The summed E-state index contributed by atoms with van der Waals surface area (Å²) in [4.78, 5) is 2.51. The van der Waals surface area contributed by atoms with Crippen molar-refractivity contribution in [3.8, 4) is 5.75 Å². The highest BCUT2D eigenvalue weighted by molar-refractivity contribution is 5.90. The van der Waals surface area contributed by atoms with E-state index in [2.05, 4.69) is 23.2 Å². The summed E-state index contributed by atoms with van der Waals surface area (Å²) in [5.74, 6) is 3.51. The Hall–Kier alpha value is -1.90. The Morgan fingerprint density at radius 1 is 1.30 bits per heavy atom. The molecule has 2 bridgehead atoms. The highest BCUT2D eigenvalue weighted by Gasteiger charge is 2.47. The van der Waals surface area contributed by atoms with Gasteiger partial charge in [-0.05, 0) is 43.0 Å². The van der Waals surface area contributed by atoms with Gasteiger partial charge in [-0.2, -0.15) is 0 Å². The molecule has 0 radical (unpaired) electrons. The number of methoxy groups -OCH3 is 1. The van der Waals surface area contributed by atoms with Crippen molar-refractivity contribution in [2.24, 2.45) is 5.92 Å². The third-order valence-electron chi connectivity index (χ3n) is 5.25. The molecule has 1 aromatic heterocycles. The topological polar surface area (TPSA) is 25.6 Å². The van der Waals surface area contributed by atoms with E-state index in [-0.39, 0.29) is 0 Å². The number of piperidine rings is 1. The molecule has 1 saturated heterocycles. The van der Waals surface area contributed by atoms with Gasteiger partial charge in [0.05, 0.1) is 7.11 Å². The predicted octanol–water partition coefficient (Wildman–Crippen LogP) is 3.60. The number of benzene rings is 1. The highest BCUT2D eigenvalue weighted by atomic mass is 16.5. The molecule has 1 aliphatic carbocycles. The van der Waals surface area contributed by atoms with Crippen LogP contribution in [-0.4, -0.2) is 24.6 Å². The lowest BCUT2D eigenvalue weighted by Gasteiger charge is -2.29. The lowest BCUT2D eigenvalue weighted by Crippen LogP contribution is -2.31. The molecule has 3 atom stereocenters.